The Bertz CT molecular complexity index is 181. The molecule has 78 valence electrons. The largest absolute Gasteiger partial charge is 0.466 e. The van der Waals surface area contributed by atoms with Gasteiger partial charge < -0.3 is 4.74 Å². The summed E-state index contributed by atoms with van der Waals surface area (Å²) in [6.45, 7) is 5.92. The lowest BCUT2D eigenvalue weighted by atomic mass is 10.2. The molecule has 0 aliphatic carbocycles. The summed E-state index contributed by atoms with van der Waals surface area (Å²) in [6, 6.07) is 0. The van der Waals surface area contributed by atoms with E-state index in [-0.39, 0.29) is 17.6 Å². The van der Waals surface area contributed by atoms with Gasteiger partial charge in [0.1, 0.15) is 0 Å². The number of rotatable bonds is 6. The molecule has 0 bridgehead atoms. The zero-order chi connectivity index (χ0) is 10.3. The van der Waals surface area contributed by atoms with E-state index in [0.29, 0.717) is 13.2 Å². The number of carbonyl (C=O) groups excluding carboxylic acids is 1. The molecule has 2 atom stereocenters. The molecule has 0 aliphatic heterocycles. The Kier molecular flexibility index (Phi) is 6.80. The average molecular weight is 208 g/mol. The van der Waals surface area contributed by atoms with Crippen LogP contribution in [0.15, 0.2) is 0 Å². The minimum Gasteiger partial charge on any atom is -0.466 e. The Balaban J connectivity index is 3.78. The first-order chi connectivity index (χ1) is 6.11. The predicted octanol–water partition coefficient (Wildman–Crippen LogP) is 0.886. The molecular weight excluding hydrogens is 192 g/mol. The third kappa shape index (κ3) is 5.76. The maximum atomic E-state index is 11.1. The monoisotopic (exact) mass is 208 g/mol. The molecule has 0 N–H and O–H groups in total. The molecule has 0 saturated heterocycles. The normalized spacial score (nSPS) is 15.0. The number of ether oxygens (including phenoxy) is 1. The molecule has 0 aliphatic rings. The van der Waals surface area contributed by atoms with Crippen LogP contribution in [0.25, 0.3) is 0 Å². The van der Waals surface area contributed by atoms with Crippen molar-refractivity contribution in [2.75, 3.05) is 19.0 Å². The van der Waals surface area contributed by atoms with Crippen LogP contribution in [0.5, 0.6) is 0 Å². The maximum absolute atomic E-state index is 11.1. The fourth-order valence-corrected chi connectivity index (χ4v) is 1.64. The summed E-state index contributed by atoms with van der Waals surface area (Å²) < 4.78 is 20.6. The molecule has 5 heteroatoms. The van der Waals surface area contributed by atoms with Gasteiger partial charge in [-0.15, -0.1) is 0 Å². The lowest BCUT2D eigenvalue weighted by Crippen LogP contribution is -2.21. The molecule has 0 saturated carbocycles. The highest BCUT2D eigenvalue weighted by Crippen LogP contribution is 2.02. The standard InChI is InChI=1S/C8H16O4S/c1-4-11-8(9)7(3)6-13(10)12-5-2/h7H,4-6H2,1-3H3/t7-,13-/m0/s1. The van der Waals surface area contributed by atoms with E-state index in [1.54, 1.807) is 20.8 Å². The number of carbonyl (C=O) groups is 1. The van der Waals surface area contributed by atoms with Gasteiger partial charge in [0, 0.05) is 0 Å². The summed E-state index contributed by atoms with van der Waals surface area (Å²) in [7, 11) is 0. The zero-order valence-electron chi connectivity index (χ0n) is 8.24. The van der Waals surface area contributed by atoms with Crippen LogP contribution in [0.4, 0.5) is 0 Å². The van der Waals surface area contributed by atoms with Crippen LogP contribution in [-0.2, 0) is 24.8 Å². The Labute approximate surface area is 81.3 Å². The van der Waals surface area contributed by atoms with Crippen LogP contribution in [0, 0.1) is 5.92 Å². The molecule has 13 heavy (non-hydrogen) atoms. The first-order valence-corrected chi connectivity index (χ1v) is 5.54. The van der Waals surface area contributed by atoms with Crippen LogP contribution < -0.4 is 0 Å². The second kappa shape index (κ2) is 7.03. The van der Waals surface area contributed by atoms with Crippen LogP contribution in [-0.4, -0.2) is 29.1 Å². The van der Waals surface area contributed by atoms with Crippen molar-refractivity contribution in [2.24, 2.45) is 5.92 Å². The zero-order valence-corrected chi connectivity index (χ0v) is 9.06. The molecule has 0 heterocycles. The number of esters is 1. The van der Waals surface area contributed by atoms with Crippen LogP contribution in [0.1, 0.15) is 20.8 Å². The molecule has 4 nitrogen and oxygen atoms in total. The van der Waals surface area contributed by atoms with Crippen molar-refractivity contribution in [1.82, 2.24) is 0 Å². The topological polar surface area (TPSA) is 52.6 Å². The summed E-state index contributed by atoms with van der Waals surface area (Å²) in [4.78, 5) is 11.1. The lowest BCUT2D eigenvalue weighted by molar-refractivity contribution is -0.146. The van der Waals surface area contributed by atoms with Gasteiger partial charge in [0.05, 0.1) is 24.9 Å². The maximum Gasteiger partial charge on any atom is 0.309 e. The molecule has 0 rings (SSSR count). The first kappa shape index (κ1) is 12.6. The van der Waals surface area contributed by atoms with Crippen molar-refractivity contribution in [2.45, 2.75) is 20.8 Å². The highest BCUT2D eigenvalue weighted by Gasteiger charge is 2.17. The molecule has 0 radical (unpaired) electrons. The Hall–Kier alpha value is -0.420. The van der Waals surface area contributed by atoms with Gasteiger partial charge >= 0.3 is 5.97 Å². The lowest BCUT2D eigenvalue weighted by Gasteiger charge is -2.08. The third-order valence-electron chi connectivity index (χ3n) is 1.32. The van der Waals surface area contributed by atoms with Crippen molar-refractivity contribution in [3.05, 3.63) is 0 Å². The quantitative estimate of drug-likeness (QED) is 0.608. The summed E-state index contributed by atoms with van der Waals surface area (Å²) in [5, 5.41) is 0. The molecule has 0 aromatic rings. The fraction of sp³-hybridized carbons (Fsp3) is 0.875. The third-order valence-corrected chi connectivity index (χ3v) is 2.60. The van der Waals surface area contributed by atoms with Gasteiger partial charge in [0.15, 0.2) is 11.1 Å². The molecule has 0 spiro atoms. The van der Waals surface area contributed by atoms with Crippen LogP contribution in [0.3, 0.4) is 0 Å². The molecule has 0 aromatic carbocycles. The smallest absolute Gasteiger partial charge is 0.309 e. The highest BCUT2D eigenvalue weighted by molar-refractivity contribution is 7.80. The molecule has 0 aromatic heterocycles. The van der Waals surface area contributed by atoms with Gasteiger partial charge in [-0.05, 0) is 13.8 Å². The number of hydrogen-bond acceptors (Lipinski definition) is 4. The van der Waals surface area contributed by atoms with Gasteiger partial charge in [0.25, 0.3) is 0 Å². The van der Waals surface area contributed by atoms with Crippen molar-refractivity contribution < 1.29 is 17.9 Å². The van der Waals surface area contributed by atoms with E-state index in [1.807, 2.05) is 0 Å². The van der Waals surface area contributed by atoms with Crippen molar-refractivity contribution in [3.8, 4) is 0 Å². The van der Waals surface area contributed by atoms with Crippen molar-refractivity contribution in [3.63, 3.8) is 0 Å². The SMILES string of the molecule is CCOC(=O)[C@@H](C)C[S@@](=O)OCC. The van der Waals surface area contributed by atoms with Crippen LogP contribution >= 0.6 is 0 Å². The van der Waals surface area contributed by atoms with E-state index >= 15 is 0 Å². The second-order valence-corrected chi connectivity index (χ2v) is 3.71. The highest BCUT2D eigenvalue weighted by atomic mass is 32.2. The Morgan fingerprint density at radius 1 is 1.38 bits per heavy atom. The summed E-state index contributed by atoms with van der Waals surface area (Å²) in [5.74, 6) is -0.491. The van der Waals surface area contributed by atoms with E-state index in [1.165, 1.54) is 0 Å². The van der Waals surface area contributed by atoms with Gasteiger partial charge in [-0.1, -0.05) is 6.92 Å². The molecule has 0 amide bonds. The van der Waals surface area contributed by atoms with Crippen LogP contribution in [0.2, 0.25) is 0 Å². The summed E-state index contributed by atoms with van der Waals surface area (Å²) in [5.41, 5.74) is 0. The molecule has 0 unspecified atom stereocenters. The van der Waals surface area contributed by atoms with Crippen molar-refractivity contribution >= 4 is 17.0 Å². The molecular formula is C8H16O4S. The van der Waals surface area contributed by atoms with E-state index in [2.05, 4.69) is 0 Å². The van der Waals surface area contributed by atoms with Crippen molar-refractivity contribution in [1.29, 1.82) is 0 Å². The van der Waals surface area contributed by atoms with E-state index in [4.69, 9.17) is 8.92 Å². The first-order valence-electron chi connectivity index (χ1n) is 4.30. The van der Waals surface area contributed by atoms with Gasteiger partial charge in [-0.25, -0.2) is 4.21 Å². The minimum atomic E-state index is -1.38. The van der Waals surface area contributed by atoms with E-state index in [9.17, 15) is 9.00 Å². The minimum absolute atomic E-state index is 0.201. The summed E-state index contributed by atoms with van der Waals surface area (Å²) >= 11 is -1.38. The summed E-state index contributed by atoms with van der Waals surface area (Å²) in [6.07, 6.45) is 0. The predicted molar refractivity (Wildman–Crippen MR) is 50.4 cm³/mol. The van der Waals surface area contributed by atoms with Gasteiger partial charge in [-0.2, -0.15) is 0 Å². The Morgan fingerprint density at radius 2 is 2.00 bits per heavy atom. The molecule has 0 fully saturated rings. The second-order valence-electron chi connectivity index (χ2n) is 2.53. The number of hydrogen-bond donors (Lipinski definition) is 0. The average Bonchev–Trinajstić information content (AvgIpc) is 2.05. The van der Waals surface area contributed by atoms with Gasteiger partial charge in [0.2, 0.25) is 0 Å². The Morgan fingerprint density at radius 3 is 2.46 bits per heavy atom. The fourth-order valence-electron chi connectivity index (χ4n) is 0.736. The van der Waals surface area contributed by atoms with E-state index in [0.717, 1.165) is 0 Å². The van der Waals surface area contributed by atoms with Gasteiger partial charge in [-0.3, -0.25) is 8.98 Å². The van der Waals surface area contributed by atoms with E-state index < -0.39 is 11.1 Å².